The molecule has 3 aromatic heterocycles. The first kappa shape index (κ1) is 16.0. The molecule has 0 amide bonds. The number of aromatic nitrogens is 4. The Labute approximate surface area is 155 Å². The van der Waals surface area contributed by atoms with Gasteiger partial charge in [0.2, 0.25) is 0 Å². The van der Waals surface area contributed by atoms with Gasteiger partial charge in [-0.05, 0) is 24.3 Å². The highest BCUT2D eigenvalue weighted by Gasteiger charge is 2.31. The fraction of sp³-hybridized carbons (Fsp3) is 0.250. The molecule has 0 bridgehead atoms. The smallest absolute Gasteiger partial charge is 0.408 e. The number of H-pyrrole nitrogens is 1. The van der Waals surface area contributed by atoms with Gasteiger partial charge in [0.1, 0.15) is 0 Å². The van der Waals surface area contributed by atoms with Crippen molar-refractivity contribution in [2.75, 3.05) is 6.54 Å². The summed E-state index contributed by atoms with van der Waals surface area (Å²) in [7, 11) is 0. The van der Waals surface area contributed by atoms with Crippen molar-refractivity contribution in [3.05, 3.63) is 82.6 Å². The SMILES string of the molecule is O=c1oc2ccccc2n1C[C@@H]1c2nc[nH]c2CCN1Cc1ccccn1. The lowest BCUT2D eigenvalue weighted by Crippen LogP contribution is -2.38. The van der Waals surface area contributed by atoms with Gasteiger partial charge in [-0.25, -0.2) is 9.78 Å². The zero-order chi connectivity index (χ0) is 18.2. The Bertz CT molecular complexity index is 1130. The first-order valence-corrected chi connectivity index (χ1v) is 9.04. The van der Waals surface area contributed by atoms with Crippen LogP contribution in [0, 0.1) is 0 Å². The molecule has 0 spiro atoms. The Morgan fingerprint density at radius 2 is 2.04 bits per heavy atom. The van der Waals surface area contributed by atoms with E-state index in [0.717, 1.165) is 35.6 Å². The molecule has 1 atom stereocenters. The average Bonchev–Trinajstić information content (AvgIpc) is 3.29. The highest BCUT2D eigenvalue weighted by molar-refractivity contribution is 5.72. The first-order valence-electron chi connectivity index (χ1n) is 9.04. The number of fused-ring (bicyclic) bond motifs is 2. The van der Waals surface area contributed by atoms with Crippen molar-refractivity contribution < 1.29 is 4.42 Å². The number of benzene rings is 1. The van der Waals surface area contributed by atoms with E-state index in [1.54, 1.807) is 10.9 Å². The van der Waals surface area contributed by atoms with Crippen LogP contribution in [0.3, 0.4) is 0 Å². The molecule has 136 valence electrons. The summed E-state index contributed by atoms with van der Waals surface area (Å²) in [5.74, 6) is -0.336. The molecule has 1 aliphatic heterocycles. The van der Waals surface area contributed by atoms with Crippen molar-refractivity contribution in [1.29, 1.82) is 0 Å². The monoisotopic (exact) mass is 361 g/mol. The first-order chi connectivity index (χ1) is 13.3. The normalized spacial score (nSPS) is 17.3. The summed E-state index contributed by atoms with van der Waals surface area (Å²) in [6, 6.07) is 13.4. The number of hydrogen-bond donors (Lipinski definition) is 1. The third-order valence-corrected chi connectivity index (χ3v) is 5.18. The third-order valence-electron chi connectivity index (χ3n) is 5.18. The number of para-hydroxylation sites is 2. The van der Waals surface area contributed by atoms with Gasteiger partial charge in [-0.3, -0.25) is 14.5 Å². The Kier molecular flexibility index (Phi) is 3.86. The van der Waals surface area contributed by atoms with Crippen LogP contribution in [0.1, 0.15) is 23.1 Å². The second-order valence-electron chi connectivity index (χ2n) is 6.77. The van der Waals surface area contributed by atoms with Gasteiger partial charge in [-0.15, -0.1) is 0 Å². The molecule has 0 unspecified atom stereocenters. The number of imidazole rings is 1. The minimum atomic E-state index is -0.336. The molecule has 0 radical (unpaired) electrons. The van der Waals surface area contributed by atoms with E-state index in [-0.39, 0.29) is 11.8 Å². The molecule has 0 aliphatic carbocycles. The summed E-state index contributed by atoms with van der Waals surface area (Å²) in [6.07, 6.45) is 4.44. The molecule has 0 fully saturated rings. The van der Waals surface area contributed by atoms with E-state index in [2.05, 4.69) is 19.9 Å². The Morgan fingerprint density at radius 1 is 1.15 bits per heavy atom. The number of aromatic amines is 1. The van der Waals surface area contributed by atoms with Crippen molar-refractivity contribution in [2.45, 2.75) is 25.6 Å². The summed E-state index contributed by atoms with van der Waals surface area (Å²) in [5.41, 5.74) is 4.55. The van der Waals surface area contributed by atoms with E-state index >= 15 is 0 Å². The predicted molar refractivity (Wildman–Crippen MR) is 100 cm³/mol. The van der Waals surface area contributed by atoms with E-state index in [1.165, 1.54) is 0 Å². The van der Waals surface area contributed by atoms with Gasteiger partial charge in [0.25, 0.3) is 0 Å². The maximum absolute atomic E-state index is 12.5. The van der Waals surface area contributed by atoms with Gasteiger partial charge in [0.05, 0.1) is 35.8 Å². The quantitative estimate of drug-likeness (QED) is 0.604. The maximum atomic E-state index is 12.5. The topological polar surface area (TPSA) is 80.0 Å². The molecule has 4 heterocycles. The van der Waals surface area contributed by atoms with Crippen LogP contribution in [0.4, 0.5) is 0 Å². The van der Waals surface area contributed by atoms with Crippen molar-refractivity contribution in [1.82, 2.24) is 24.4 Å². The van der Waals surface area contributed by atoms with Crippen LogP contribution < -0.4 is 5.76 Å². The summed E-state index contributed by atoms with van der Waals surface area (Å²) in [5, 5.41) is 0. The summed E-state index contributed by atoms with van der Waals surface area (Å²) in [6.45, 7) is 2.07. The van der Waals surface area contributed by atoms with Crippen molar-refractivity contribution in [2.24, 2.45) is 0 Å². The third kappa shape index (κ3) is 2.86. The molecule has 7 nitrogen and oxygen atoms in total. The molecule has 4 aromatic rings. The molecule has 7 heteroatoms. The van der Waals surface area contributed by atoms with Crippen molar-refractivity contribution in [3.63, 3.8) is 0 Å². The van der Waals surface area contributed by atoms with E-state index in [4.69, 9.17) is 4.42 Å². The lowest BCUT2D eigenvalue weighted by Gasteiger charge is -2.34. The maximum Gasteiger partial charge on any atom is 0.420 e. The van der Waals surface area contributed by atoms with Gasteiger partial charge in [0, 0.05) is 31.4 Å². The zero-order valence-corrected chi connectivity index (χ0v) is 14.7. The minimum Gasteiger partial charge on any atom is -0.408 e. The molecular formula is C20H19N5O2. The standard InChI is InChI=1S/C20H19N5O2/c26-20-25(16-6-1-2-7-18(16)27-20)12-17-19-15(22-13-23-19)8-10-24(17)11-14-5-3-4-9-21-14/h1-7,9,13,17H,8,10-12H2,(H,22,23)/t17-/m1/s1. The van der Waals surface area contributed by atoms with E-state index in [0.29, 0.717) is 18.7 Å². The Hall–Kier alpha value is -3.19. The molecule has 1 aromatic carbocycles. The van der Waals surface area contributed by atoms with Gasteiger partial charge < -0.3 is 9.40 Å². The van der Waals surface area contributed by atoms with Gasteiger partial charge >= 0.3 is 5.76 Å². The number of oxazole rings is 1. The van der Waals surface area contributed by atoms with Crippen LogP contribution in [0.2, 0.25) is 0 Å². The van der Waals surface area contributed by atoms with Gasteiger partial charge in [-0.2, -0.15) is 0 Å². The van der Waals surface area contributed by atoms with Crippen LogP contribution in [0.15, 0.2) is 64.2 Å². The Morgan fingerprint density at radius 3 is 2.93 bits per heavy atom. The highest BCUT2D eigenvalue weighted by atomic mass is 16.4. The van der Waals surface area contributed by atoms with Crippen molar-refractivity contribution in [3.8, 4) is 0 Å². The number of rotatable bonds is 4. The Balaban J connectivity index is 1.54. The highest BCUT2D eigenvalue weighted by Crippen LogP contribution is 2.30. The van der Waals surface area contributed by atoms with Crippen LogP contribution in [0.5, 0.6) is 0 Å². The molecule has 27 heavy (non-hydrogen) atoms. The van der Waals surface area contributed by atoms with E-state index in [1.807, 2.05) is 48.7 Å². The number of pyridine rings is 1. The van der Waals surface area contributed by atoms with Crippen LogP contribution >= 0.6 is 0 Å². The molecule has 1 N–H and O–H groups in total. The number of nitrogens with one attached hydrogen (secondary N) is 1. The largest absolute Gasteiger partial charge is 0.420 e. The summed E-state index contributed by atoms with van der Waals surface area (Å²) in [4.78, 5) is 27.1. The summed E-state index contributed by atoms with van der Waals surface area (Å²) >= 11 is 0. The minimum absolute atomic E-state index is 0.0271. The number of nitrogens with zero attached hydrogens (tertiary/aromatic N) is 4. The van der Waals surface area contributed by atoms with Crippen LogP contribution in [-0.2, 0) is 19.5 Å². The van der Waals surface area contributed by atoms with E-state index in [9.17, 15) is 4.79 Å². The van der Waals surface area contributed by atoms with E-state index < -0.39 is 0 Å². The fourth-order valence-corrected chi connectivity index (χ4v) is 3.85. The molecule has 5 rings (SSSR count). The second-order valence-corrected chi connectivity index (χ2v) is 6.77. The lowest BCUT2D eigenvalue weighted by molar-refractivity contribution is 0.151. The van der Waals surface area contributed by atoms with Crippen LogP contribution in [-0.4, -0.2) is 31.0 Å². The predicted octanol–water partition coefficient (Wildman–Crippen LogP) is 2.51. The van der Waals surface area contributed by atoms with Crippen LogP contribution in [0.25, 0.3) is 11.1 Å². The number of hydrogen-bond acceptors (Lipinski definition) is 5. The van der Waals surface area contributed by atoms with Gasteiger partial charge in [0.15, 0.2) is 5.58 Å². The van der Waals surface area contributed by atoms with Crippen molar-refractivity contribution >= 4 is 11.1 Å². The fourth-order valence-electron chi connectivity index (χ4n) is 3.85. The van der Waals surface area contributed by atoms with Gasteiger partial charge in [-0.1, -0.05) is 18.2 Å². The zero-order valence-electron chi connectivity index (χ0n) is 14.7. The lowest BCUT2D eigenvalue weighted by atomic mass is 10.0. The second kappa shape index (κ2) is 6.51. The molecular weight excluding hydrogens is 342 g/mol. The average molecular weight is 361 g/mol. The molecule has 0 saturated carbocycles. The molecule has 0 saturated heterocycles. The summed E-state index contributed by atoms with van der Waals surface area (Å²) < 4.78 is 7.12. The molecule has 1 aliphatic rings.